The fourth-order valence-corrected chi connectivity index (χ4v) is 2.91. The summed E-state index contributed by atoms with van der Waals surface area (Å²) in [6.07, 6.45) is 1.63. The number of carbonyl (C=O) groups is 1. The van der Waals surface area contributed by atoms with Gasteiger partial charge in [-0.25, -0.2) is 4.98 Å². The zero-order chi connectivity index (χ0) is 19.2. The average Bonchev–Trinajstić information content (AvgIpc) is 2.69. The molecule has 2 N–H and O–H groups in total. The number of ether oxygens (including phenoxy) is 1. The van der Waals surface area contributed by atoms with Crippen molar-refractivity contribution in [2.45, 2.75) is 20.4 Å². The molecule has 0 aliphatic rings. The van der Waals surface area contributed by atoms with Crippen LogP contribution in [0.3, 0.4) is 0 Å². The van der Waals surface area contributed by atoms with Crippen molar-refractivity contribution in [1.29, 1.82) is 0 Å². The predicted molar refractivity (Wildman–Crippen MR) is 108 cm³/mol. The van der Waals surface area contributed by atoms with E-state index in [1.54, 1.807) is 25.4 Å². The topological polar surface area (TPSA) is 63.2 Å². The lowest BCUT2D eigenvalue weighted by Crippen LogP contribution is -2.23. The van der Waals surface area contributed by atoms with Crippen LogP contribution in [0.25, 0.3) is 0 Å². The molecule has 0 saturated carbocycles. The number of rotatable bonds is 6. The monoisotopic (exact) mass is 361 g/mol. The number of amides is 1. The zero-order valence-corrected chi connectivity index (χ0v) is 15.7. The van der Waals surface area contributed by atoms with Crippen molar-refractivity contribution in [3.63, 3.8) is 0 Å². The van der Waals surface area contributed by atoms with E-state index in [4.69, 9.17) is 4.74 Å². The third-order valence-electron chi connectivity index (χ3n) is 4.39. The molecule has 0 saturated heterocycles. The van der Waals surface area contributed by atoms with Gasteiger partial charge in [-0.05, 0) is 43.2 Å². The smallest absolute Gasteiger partial charge is 0.251 e. The summed E-state index contributed by atoms with van der Waals surface area (Å²) >= 11 is 0. The molecule has 0 aliphatic carbocycles. The van der Waals surface area contributed by atoms with Crippen LogP contribution < -0.4 is 15.4 Å². The molecule has 0 bridgehead atoms. The molecule has 0 atom stereocenters. The zero-order valence-electron chi connectivity index (χ0n) is 15.7. The molecular formula is C22H23N3O2. The van der Waals surface area contributed by atoms with Crippen LogP contribution in [0.15, 0.2) is 60.8 Å². The van der Waals surface area contributed by atoms with Crippen LogP contribution in [0.1, 0.15) is 27.0 Å². The number of benzene rings is 2. The van der Waals surface area contributed by atoms with Crippen LogP contribution in [0.4, 0.5) is 11.5 Å². The number of pyridine rings is 1. The van der Waals surface area contributed by atoms with Crippen molar-refractivity contribution < 1.29 is 9.53 Å². The summed E-state index contributed by atoms with van der Waals surface area (Å²) in [6.45, 7) is 4.48. The van der Waals surface area contributed by atoms with Gasteiger partial charge in [0.1, 0.15) is 11.6 Å². The molecule has 0 spiro atoms. The predicted octanol–water partition coefficient (Wildman–Crippen LogP) is 4.38. The molecule has 0 fully saturated rings. The molecule has 0 unspecified atom stereocenters. The largest absolute Gasteiger partial charge is 0.496 e. The molecular weight excluding hydrogens is 338 g/mol. The minimum absolute atomic E-state index is 0.159. The van der Waals surface area contributed by atoms with Crippen LogP contribution in [-0.2, 0) is 6.54 Å². The molecule has 3 aromatic rings. The molecule has 5 nitrogen and oxygen atoms in total. The van der Waals surface area contributed by atoms with E-state index in [0.717, 1.165) is 28.1 Å². The number of aromatic nitrogens is 1. The number of aryl methyl sites for hydroxylation is 2. The Kier molecular flexibility index (Phi) is 5.71. The van der Waals surface area contributed by atoms with E-state index >= 15 is 0 Å². The van der Waals surface area contributed by atoms with Crippen LogP contribution in [0, 0.1) is 13.8 Å². The summed E-state index contributed by atoms with van der Waals surface area (Å²) in [4.78, 5) is 16.9. The first-order chi connectivity index (χ1) is 13.1. The van der Waals surface area contributed by atoms with Gasteiger partial charge in [-0.1, -0.05) is 36.4 Å². The van der Waals surface area contributed by atoms with Crippen LogP contribution in [-0.4, -0.2) is 18.0 Å². The lowest BCUT2D eigenvalue weighted by molar-refractivity contribution is 0.0950. The Bertz CT molecular complexity index is 934. The average molecular weight is 361 g/mol. The molecule has 1 heterocycles. The first kappa shape index (κ1) is 18.5. The molecule has 27 heavy (non-hydrogen) atoms. The van der Waals surface area contributed by atoms with Crippen LogP contribution in [0.5, 0.6) is 5.75 Å². The number of carbonyl (C=O) groups excluding carboxylic acids is 1. The Morgan fingerprint density at radius 2 is 1.78 bits per heavy atom. The molecule has 0 aliphatic heterocycles. The highest BCUT2D eigenvalue weighted by Gasteiger charge is 2.10. The second kappa shape index (κ2) is 8.36. The van der Waals surface area contributed by atoms with Crippen molar-refractivity contribution in [2.75, 3.05) is 12.4 Å². The number of hydrogen-bond acceptors (Lipinski definition) is 4. The maximum absolute atomic E-state index is 12.5. The Labute approximate surface area is 159 Å². The molecule has 138 valence electrons. The third kappa shape index (κ3) is 4.44. The summed E-state index contributed by atoms with van der Waals surface area (Å²) in [6, 6.07) is 17.2. The van der Waals surface area contributed by atoms with Gasteiger partial charge in [0.15, 0.2) is 0 Å². The van der Waals surface area contributed by atoms with Crippen LogP contribution >= 0.6 is 0 Å². The minimum atomic E-state index is -0.159. The first-order valence-corrected chi connectivity index (χ1v) is 8.78. The minimum Gasteiger partial charge on any atom is -0.496 e. The lowest BCUT2D eigenvalue weighted by atomic mass is 10.1. The number of nitrogens with one attached hydrogen (secondary N) is 2. The van der Waals surface area contributed by atoms with Gasteiger partial charge in [0.05, 0.1) is 7.11 Å². The first-order valence-electron chi connectivity index (χ1n) is 8.78. The highest BCUT2D eigenvalue weighted by Crippen LogP contribution is 2.23. The number of hydrogen-bond donors (Lipinski definition) is 2. The number of nitrogens with zero attached hydrogens (tertiary/aromatic N) is 1. The van der Waals surface area contributed by atoms with Gasteiger partial charge >= 0.3 is 0 Å². The lowest BCUT2D eigenvalue weighted by Gasteiger charge is -2.13. The highest BCUT2D eigenvalue weighted by atomic mass is 16.5. The molecule has 2 aromatic carbocycles. The Morgan fingerprint density at radius 1 is 1.04 bits per heavy atom. The molecule has 1 amide bonds. The van der Waals surface area contributed by atoms with Gasteiger partial charge in [0, 0.05) is 29.6 Å². The fraction of sp³-hybridized carbons (Fsp3) is 0.182. The van der Waals surface area contributed by atoms with Crippen molar-refractivity contribution in [1.82, 2.24) is 10.3 Å². The van der Waals surface area contributed by atoms with Gasteiger partial charge in [0.2, 0.25) is 0 Å². The summed E-state index contributed by atoms with van der Waals surface area (Å²) < 4.78 is 5.32. The van der Waals surface area contributed by atoms with E-state index in [-0.39, 0.29) is 5.91 Å². The van der Waals surface area contributed by atoms with E-state index in [9.17, 15) is 4.79 Å². The van der Waals surface area contributed by atoms with Gasteiger partial charge in [-0.3, -0.25) is 4.79 Å². The van der Waals surface area contributed by atoms with E-state index in [0.29, 0.717) is 17.9 Å². The summed E-state index contributed by atoms with van der Waals surface area (Å²) in [5, 5.41) is 6.25. The second-order valence-corrected chi connectivity index (χ2v) is 6.32. The second-order valence-electron chi connectivity index (χ2n) is 6.32. The molecule has 3 rings (SSSR count). The molecule has 1 aromatic heterocycles. The van der Waals surface area contributed by atoms with Crippen molar-refractivity contribution in [3.05, 3.63) is 83.0 Å². The van der Waals surface area contributed by atoms with Gasteiger partial charge in [-0.15, -0.1) is 0 Å². The Hall–Kier alpha value is -3.34. The van der Waals surface area contributed by atoms with Gasteiger partial charge in [-0.2, -0.15) is 0 Å². The van der Waals surface area contributed by atoms with E-state index in [2.05, 4.69) is 15.6 Å². The standard InChI is InChI=1S/C22H23N3O2/c1-15-7-6-8-16(2)21(15)25-20-13-17(11-12-23-20)22(26)24-14-18-9-4-5-10-19(18)27-3/h4-13H,14H2,1-3H3,(H,23,25)(H,24,26). The van der Waals surface area contributed by atoms with Gasteiger partial charge in [0.25, 0.3) is 5.91 Å². The quantitative estimate of drug-likeness (QED) is 0.684. The Morgan fingerprint density at radius 3 is 2.52 bits per heavy atom. The summed E-state index contributed by atoms with van der Waals surface area (Å²) in [5.41, 5.74) is 4.74. The van der Waals surface area contributed by atoms with Crippen LogP contribution in [0.2, 0.25) is 0 Å². The van der Waals surface area contributed by atoms with Crippen molar-refractivity contribution in [2.24, 2.45) is 0 Å². The number of anilines is 2. The van der Waals surface area contributed by atoms with Crippen molar-refractivity contribution >= 4 is 17.4 Å². The van der Waals surface area contributed by atoms with E-state index < -0.39 is 0 Å². The summed E-state index contributed by atoms with van der Waals surface area (Å²) in [7, 11) is 1.62. The molecule has 0 radical (unpaired) electrons. The SMILES string of the molecule is COc1ccccc1CNC(=O)c1ccnc(Nc2c(C)cccc2C)c1. The molecule has 5 heteroatoms. The van der Waals surface area contributed by atoms with E-state index in [1.807, 2.05) is 56.3 Å². The maximum Gasteiger partial charge on any atom is 0.251 e. The highest BCUT2D eigenvalue weighted by molar-refractivity contribution is 5.95. The van der Waals surface area contributed by atoms with Crippen molar-refractivity contribution in [3.8, 4) is 5.75 Å². The number of para-hydroxylation sites is 2. The summed E-state index contributed by atoms with van der Waals surface area (Å²) in [5.74, 6) is 1.23. The third-order valence-corrected chi connectivity index (χ3v) is 4.39. The number of methoxy groups -OCH3 is 1. The fourth-order valence-electron chi connectivity index (χ4n) is 2.91. The normalized spacial score (nSPS) is 10.3. The van der Waals surface area contributed by atoms with E-state index in [1.165, 1.54) is 0 Å². The Balaban J connectivity index is 1.72. The van der Waals surface area contributed by atoms with Gasteiger partial charge < -0.3 is 15.4 Å². The maximum atomic E-state index is 12.5.